The Hall–Kier alpha value is -3.12. The summed E-state index contributed by atoms with van der Waals surface area (Å²) in [5.74, 6) is 0.643. The Morgan fingerprint density at radius 3 is 2.81 bits per heavy atom. The van der Waals surface area contributed by atoms with Crippen molar-refractivity contribution in [2.45, 2.75) is 24.9 Å². The lowest BCUT2D eigenvalue weighted by Gasteiger charge is -2.37. The molecule has 2 aromatic carbocycles. The van der Waals surface area contributed by atoms with Crippen LogP contribution in [-0.4, -0.2) is 43.6 Å². The van der Waals surface area contributed by atoms with Crippen molar-refractivity contribution in [2.75, 3.05) is 32.1 Å². The Morgan fingerprint density at radius 2 is 2.06 bits per heavy atom. The fourth-order valence-corrected chi connectivity index (χ4v) is 4.43. The molecule has 2 aromatic rings. The molecule has 4 rings (SSSR count). The minimum Gasteiger partial charge on any atom is -0.497 e. The monoisotopic (exact) mass is 435 g/mol. The molecule has 0 aromatic heterocycles. The van der Waals surface area contributed by atoms with Gasteiger partial charge >= 0.3 is 0 Å². The number of hydrogen-bond acceptors (Lipinski definition) is 4. The third-order valence-corrected chi connectivity index (χ3v) is 6.13. The Kier molecular flexibility index (Phi) is 7.22. The van der Waals surface area contributed by atoms with Crippen molar-refractivity contribution in [3.63, 3.8) is 0 Å². The zero-order chi connectivity index (χ0) is 22.3. The summed E-state index contributed by atoms with van der Waals surface area (Å²) in [7, 11) is 1.61. The number of nitrogens with one attached hydrogen (secondary N) is 2. The molecule has 32 heavy (non-hydrogen) atoms. The van der Waals surface area contributed by atoms with Gasteiger partial charge in [0.15, 0.2) is 0 Å². The highest BCUT2D eigenvalue weighted by molar-refractivity contribution is 5.86. The van der Waals surface area contributed by atoms with Crippen molar-refractivity contribution >= 4 is 11.6 Å². The summed E-state index contributed by atoms with van der Waals surface area (Å²) in [6, 6.07) is 13.1. The van der Waals surface area contributed by atoms with Crippen molar-refractivity contribution in [3.8, 4) is 5.75 Å². The second-order valence-electron chi connectivity index (χ2n) is 8.23. The molecule has 1 aliphatic carbocycles. The van der Waals surface area contributed by atoms with Crippen LogP contribution >= 0.6 is 0 Å². The summed E-state index contributed by atoms with van der Waals surface area (Å²) >= 11 is 0. The molecule has 6 heteroatoms. The molecule has 0 radical (unpaired) electrons. The smallest absolute Gasteiger partial charge is 0.250 e. The fraction of sp³-hybridized carbons (Fsp3) is 0.346. The molecule has 168 valence electrons. The topological polar surface area (TPSA) is 53.6 Å². The minimum atomic E-state index is -0.633. The number of benzene rings is 2. The van der Waals surface area contributed by atoms with Crippen LogP contribution < -0.4 is 15.4 Å². The number of carbonyl (C=O) groups is 1. The van der Waals surface area contributed by atoms with Gasteiger partial charge in [-0.05, 0) is 49.2 Å². The molecule has 3 unspecified atom stereocenters. The molecule has 2 aliphatic rings. The van der Waals surface area contributed by atoms with Crippen LogP contribution in [0.25, 0.3) is 0 Å². The van der Waals surface area contributed by atoms with Crippen LogP contribution in [0.3, 0.4) is 0 Å². The maximum atomic E-state index is 14.0. The lowest BCUT2D eigenvalue weighted by molar-refractivity contribution is -0.135. The molecule has 2 N–H and O–H groups in total. The van der Waals surface area contributed by atoms with E-state index in [1.807, 2.05) is 29.2 Å². The largest absolute Gasteiger partial charge is 0.497 e. The van der Waals surface area contributed by atoms with Crippen LogP contribution in [0.4, 0.5) is 10.1 Å². The highest BCUT2D eigenvalue weighted by Crippen LogP contribution is 2.29. The predicted octanol–water partition coefficient (Wildman–Crippen LogP) is 4.31. The average molecular weight is 436 g/mol. The number of anilines is 1. The van der Waals surface area contributed by atoms with Crippen LogP contribution in [0.5, 0.6) is 5.75 Å². The SMILES string of the molecule is COc1cccc(NC(C(=O)N2CCCNCC2C2C=CC=CC2)c2ccc(F)cc2)c1. The summed E-state index contributed by atoms with van der Waals surface area (Å²) in [4.78, 5) is 16.0. The van der Waals surface area contributed by atoms with Gasteiger partial charge in [-0.1, -0.05) is 42.5 Å². The van der Waals surface area contributed by atoms with Crippen molar-refractivity contribution in [1.29, 1.82) is 0 Å². The van der Waals surface area contributed by atoms with Gasteiger partial charge in [-0.25, -0.2) is 4.39 Å². The number of amides is 1. The zero-order valence-electron chi connectivity index (χ0n) is 18.3. The molecular weight excluding hydrogens is 405 g/mol. The number of methoxy groups -OCH3 is 1. The van der Waals surface area contributed by atoms with Crippen LogP contribution in [-0.2, 0) is 4.79 Å². The van der Waals surface area contributed by atoms with Gasteiger partial charge in [0.05, 0.1) is 13.2 Å². The fourth-order valence-electron chi connectivity index (χ4n) is 4.43. The zero-order valence-corrected chi connectivity index (χ0v) is 18.3. The number of rotatable bonds is 6. The second-order valence-corrected chi connectivity index (χ2v) is 8.23. The third-order valence-electron chi connectivity index (χ3n) is 6.13. The van der Waals surface area contributed by atoms with E-state index >= 15 is 0 Å². The van der Waals surface area contributed by atoms with Crippen molar-refractivity contribution in [2.24, 2.45) is 5.92 Å². The van der Waals surface area contributed by atoms with Crippen LogP contribution in [0.2, 0.25) is 0 Å². The predicted molar refractivity (Wildman–Crippen MR) is 125 cm³/mol. The van der Waals surface area contributed by atoms with Gasteiger partial charge < -0.3 is 20.3 Å². The van der Waals surface area contributed by atoms with E-state index in [1.54, 1.807) is 19.2 Å². The summed E-state index contributed by atoms with van der Waals surface area (Å²) < 4.78 is 19.0. The number of halogens is 1. The molecule has 0 bridgehead atoms. The lowest BCUT2D eigenvalue weighted by atomic mass is 9.90. The molecule has 0 saturated carbocycles. The summed E-state index contributed by atoms with van der Waals surface area (Å²) in [6.45, 7) is 2.32. The summed E-state index contributed by atoms with van der Waals surface area (Å²) in [5.41, 5.74) is 1.51. The van der Waals surface area contributed by atoms with Crippen molar-refractivity contribution in [3.05, 3.63) is 84.2 Å². The Balaban J connectivity index is 1.66. The second kappa shape index (κ2) is 10.5. The normalized spacial score (nSPS) is 21.6. The quantitative estimate of drug-likeness (QED) is 0.710. The van der Waals surface area contributed by atoms with Crippen molar-refractivity contribution < 1.29 is 13.9 Å². The Labute approximate surface area is 189 Å². The molecule has 1 heterocycles. The maximum Gasteiger partial charge on any atom is 0.250 e. The molecule has 1 amide bonds. The highest BCUT2D eigenvalue weighted by atomic mass is 19.1. The third kappa shape index (κ3) is 5.19. The van der Waals surface area contributed by atoms with Gasteiger partial charge in [-0.2, -0.15) is 0 Å². The first kappa shape index (κ1) is 22.1. The summed E-state index contributed by atoms with van der Waals surface area (Å²) in [6.07, 6.45) is 10.3. The maximum absolute atomic E-state index is 14.0. The van der Waals surface area contributed by atoms with Crippen LogP contribution in [0.15, 0.2) is 72.8 Å². The molecule has 3 atom stereocenters. The molecule has 1 saturated heterocycles. The number of nitrogens with zero attached hydrogens (tertiary/aromatic N) is 1. The van der Waals surface area contributed by atoms with Crippen molar-refractivity contribution in [1.82, 2.24) is 10.2 Å². The van der Waals surface area contributed by atoms with E-state index in [9.17, 15) is 9.18 Å². The van der Waals surface area contributed by atoms with Gasteiger partial charge in [0.2, 0.25) is 5.91 Å². The Bertz CT molecular complexity index is 973. The minimum absolute atomic E-state index is 0.00363. The summed E-state index contributed by atoms with van der Waals surface area (Å²) in [5, 5.41) is 6.88. The van der Waals surface area contributed by atoms with Gasteiger partial charge in [0.1, 0.15) is 17.6 Å². The van der Waals surface area contributed by atoms with Crippen LogP contribution in [0.1, 0.15) is 24.4 Å². The number of hydrogen-bond donors (Lipinski definition) is 2. The van der Waals surface area contributed by atoms with E-state index in [0.717, 1.165) is 37.2 Å². The van der Waals surface area contributed by atoms with Gasteiger partial charge in [-0.15, -0.1) is 0 Å². The lowest BCUT2D eigenvalue weighted by Crippen LogP contribution is -2.50. The van der Waals surface area contributed by atoms with E-state index in [2.05, 4.69) is 34.9 Å². The molecule has 1 fully saturated rings. The van der Waals surface area contributed by atoms with Gasteiger partial charge in [0.25, 0.3) is 0 Å². The number of allylic oxidation sites excluding steroid dienone is 3. The molecular formula is C26H30FN3O2. The van der Waals surface area contributed by atoms with Gasteiger partial charge in [-0.3, -0.25) is 4.79 Å². The average Bonchev–Trinajstić information content (AvgIpc) is 3.10. The first-order chi connectivity index (χ1) is 15.7. The number of carbonyl (C=O) groups excluding carboxylic acids is 1. The number of ether oxygens (including phenoxy) is 1. The molecule has 5 nitrogen and oxygen atoms in total. The van der Waals surface area contributed by atoms with E-state index in [1.165, 1.54) is 12.1 Å². The first-order valence-electron chi connectivity index (χ1n) is 11.2. The Morgan fingerprint density at radius 1 is 1.22 bits per heavy atom. The van der Waals surface area contributed by atoms with Crippen LogP contribution in [0, 0.1) is 11.7 Å². The highest BCUT2D eigenvalue weighted by Gasteiger charge is 2.35. The first-order valence-corrected chi connectivity index (χ1v) is 11.2. The molecule has 0 spiro atoms. The standard InChI is InChI=1S/C26H30FN3O2/c1-32-23-10-5-9-22(17-23)29-25(20-11-13-21(27)14-12-20)26(31)30-16-6-15-28-18-24(30)19-7-3-2-4-8-19/h2-5,7,9-14,17,19,24-25,28-29H,6,8,15-16,18H2,1H3. The van der Waals surface area contributed by atoms with E-state index in [4.69, 9.17) is 4.74 Å². The van der Waals surface area contributed by atoms with Gasteiger partial charge in [0, 0.05) is 30.8 Å². The molecule has 1 aliphatic heterocycles. The van der Waals surface area contributed by atoms with E-state index in [-0.39, 0.29) is 23.7 Å². The van der Waals surface area contributed by atoms with E-state index < -0.39 is 6.04 Å². The van der Waals surface area contributed by atoms with E-state index in [0.29, 0.717) is 12.3 Å².